The number of nitrogens with one attached hydrogen (secondary N) is 1. The molecule has 0 aromatic carbocycles. The number of ketones is 1. The first-order valence-corrected chi connectivity index (χ1v) is 4.35. The molecule has 2 heteroatoms. The molecule has 0 bridgehead atoms. The van der Waals surface area contributed by atoms with Crippen molar-refractivity contribution in [1.82, 2.24) is 5.32 Å². The SMILES string of the molecule is CC(=O)CCCCNC(C)C. The highest BCUT2D eigenvalue weighted by Gasteiger charge is 1.94. The zero-order valence-corrected chi connectivity index (χ0v) is 7.81. The second-order valence-corrected chi connectivity index (χ2v) is 3.27. The van der Waals surface area contributed by atoms with Gasteiger partial charge < -0.3 is 10.1 Å². The zero-order valence-electron chi connectivity index (χ0n) is 7.81. The van der Waals surface area contributed by atoms with Crippen molar-refractivity contribution in [3.63, 3.8) is 0 Å². The molecule has 0 saturated carbocycles. The van der Waals surface area contributed by atoms with Crippen LogP contribution in [0.15, 0.2) is 0 Å². The van der Waals surface area contributed by atoms with Crippen LogP contribution in [-0.2, 0) is 4.79 Å². The fraction of sp³-hybridized carbons (Fsp3) is 0.889. The highest BCUT2D eigenvalue weighted by molar-refractivity contribution is 5.75. The molecule has 0 aromatic heterocycles. The molecule has 0 spiro atoms. The number of carbonyl (C=O) groups is 1. The third kappa shape index (κ3) is 9.63. The van der Waals surface area contributed by atoms with Gasteiger partial charge in [0.1, 0.15) is 5.78 Å². The smallest absolute Gasteiger partial charge is 0.129 e. The second-order valence-electron chi connectivity index (χ2n) is 3.27. The van der Waals surface area contributed by atoms with E-state index < -0.39 is 0 Å². The van der Waals surface area contributed by atoms with Crippen LogP contribution in [0.1, 0.15) is 40.0 Å². The minimum absolute atomic E-state index is 0.301. The van der Waals surface area contributed by atoms with Crippen molar-refractivity contribution < 1.29 is 4.79 Å². The summed E-state index contributed by atoms with van der Waals surface area (Å²) in [5, 5.41) is 3.31. The lowest BCUT2D eigenvalue weighted by atomic mass is 10.2. The van der Waals surface area contributed by atoms with Gasteiger partial charge in [-0.3, -0.25) is 0 Å². The van der Waals surface area contributed by atoms with Gasteiger partial charge in [-0.15, -0.1) is 0 Å². The van der Waals surface area contributed by atoms with E-state index in [1.54, 1.807) is 6.92 Å². The Morgan fingerprint density at radius 1 is 1.36 bits per heavy atom. The average molecular weight is 157 g/mol. The zero-order chi connectivity index (χ0) is 8.69. The molecule has 2 nitrogen and oxygen atoms in total. The summed E-state index contributed by atoms with van der Waals surface area (Å²) in [5.74, 6) is 0.301. The van der Waals surface area contributed by atoms with Crippen LogP contribution in [0.25, 0.3) is 0 Å². The summed E-state index contributed by atoms with van der Waals surface area (Å²) in [7, 11) is 0. The summed E-state index contributed by atoms with van der Waals surface area (Å²) in [6.07, 6.45) is 2.87. The van der Waals surface area contributed by atoms with Crippen LogP contribution >= 0.6 is 0 Å². The molecule has 0 aliphatic rings. The number of hydrogen-bond acceptors (Lipinski definition) is 2. The van der Waals surface area contributed by atoms with Gasteiger partial charge in [-0.25, -0.2) is 0 Å². The summed E-state index contributed by atoms with van der Waals surface area (Å²) in [4.78, 5) is 10.5. The van der Waals surface area contributed by atoms with Crippen molar-refractivity contribution in [3.8, 4) is 0 Å². The first-order valence-electron chi connectivity index (χ1n) is 4.35. The Labute approximate surface area is 69.4 Å². The van der Waals surface area contributed by atoms with Gasteiger partial charge in [-0.1, -0.05) is 13.8 Å². The molecule has 0 heterocycles. The van der Waals surface area contributed by atoms with E-state index in [4.69, 9.17) is 0 Å². The first kappa shape index (κ1) is 10.6. The molecule has 0 radical (unpaired) electrons. The molecule has 0 aromatic rings. The maximum Gasteiger partial charge on any atom is 0.129 e. The van der Waals surface area contributed by atoms with Gasteiger partial charge in [0, 0.05) is 12.5 Å². The topological polar surface area (TPSA) is 29.1 Å². The molecular weight excluding hydrogens is 138 g/mol. The number of hydrogen-bond donors (Lipinski definition) is 1. The lowest BCUT2D eigenvalue weighted by Gasteiger charge is -2.06. The largest absolute Gasteiger partial charge is 0.315 e. The molecule has 0 rings (SSSR count). The molecule has 0 unspecified atom stereocenters. The van der Waals surface area contributed by atoms with E-state index >= 15 is 0 Å². The Morgan fingerprint density at radius 2 is 2.00 bits per heavy atom. The molecular formula is C9H19NO. The first-order chi connectivity index (χ1) is 5.13. The Bertz CT molecular complexity index is 110. The molecule has 11 heavy (non-hydrogen) atoms. The molecule has 0 aliphatic heterocycles. The summed E-state index contributed by atoms with van der Waals surface area (Å²) < 4.78 is 0. The Hall–Kier alpha value is -0.370. The van der Waals surface area contributed by atoms with Gasteiger partial charge in [0.2, 0.25) is 0 Å². The number of carbonyl (C=O) groups excluding carboxylic acids is 1. The molecule has 0 atom stereocenters. The van der Waals surface area contributed by atoms with Crippen molar-refractivity contribution in [2.45, 2.75) is 46.1 Å². The quantitative estimate of drug-likeness (QED) is 0.595. The fourth-order valence-electron chi connectivity index (χ4n) is 0.890. The Balaban J connectivity index is 2.97. The van der Waals surface area contributed by atoms with Gasteiger partial charge in [0.25, 0.3) is 0 Å². The van der Waals surface area contributed by atoms with Gasteiger partial charge in [-0.2, -0.15) is 0 Å². The van der Waals surface area contributed by atoms with E-state index in [1.807, 2.05) is 0 Å². The molecule has 1 N–H and O–H groups in total. The van der Waals surface area contributed by atoms with Gasteiger partial charge in [-0.05, 0) is 26.3 Å². The van der Waals surface area contributed by atoms with E-state index in [-0.39, 0.29) is 0 Å². The predicted octanol–water partition coefficient (Wildman–Crippen LogP) is 1.74. The van der Waals surface area contributed by atoms with Crippen LogP contribution < -0.4 is 5.32 Å². The number of Topliss-reactive ketones (excluding diaryl/α,β-unsaturated/α-hetero) is 1. The van der Waals surface area contributed by atoms with E-state index in [2.05, 4.69) is 19.2 Å². The molecule has 0 saturated heterocycles. The van der Waals surface area contributed by atoms with Crippen molar-refractivity contribution >= 4 is 5.78 Å². The third-order valence-electron chi connectivity index (χ3n) is 1.51. The van der Waals surface area contributed by atoms with Crippen LogP contribution in [0.5, 0.6) is 0 Å². The van der Waals surface area contributed by atoms with E-state index in [1.165, 1.54) is 0 Å². The highest BCUT2D eigenvalue weighted by atomic mass is 16.1. The van der Waals surface area contributed by atoms with E-state index in [9.17, 15) is 4.79 Å². The van der Waals surface area contributed by atoms with Crippen LogP contribution in [0.3, 0.4) is 0 Å². The van der Waals surface area contributed by atoms with Crippen LogP contribution in [0.2, 0.25) is 0 Å². The van der Waals surface area contributed by atoms with Crippen molar-refractivity contribution in [2.24, 2.45) is 0 Å². The maximum absolute atomic E-state index is 10.5. The van der Waals surface area contributed by atoms with E-state index in [0.717, 1.165) is 25.8 Å². The normalized spacial score (nSPS) is 10.5. The van der Waals surface area contributed by atoms with Crippen molar-refractivity contribution in [1.29, 1.82) is 0 Å². The summed E-state index contributed by atoms with van der Waals surface area (Å²) in [6.45, 7) is 6.94. The Morgan fingerprint density at radius 3 is 2.45 bits per heavy atom. The summed E-state index contributed by atoms with van der Waals surface area (Å²) in [6, 6.07) is 0.562. The lowest BCUT2D eigenvalue weighted by molar-refractivity contribution is -0.117. The van der Waals surface area contributed by atoms with Gasteiger partial charge in [0.05, 0.1) is 0 Å². The minimum Gasteiger partial charge on any atom is -0.315 e. The third-order valence-corrected chi connectivity index (χ3v) is 1.51. The van der Waals surface area contributed by atoms with Gasteiger partial charge >= 0.3 is 0 Å². The Kier molecular flexibility index (Phi) is 6.13. The minimum atomic E-state index is 0.301. The lowest BCUT2D eigenvalue weighted by Crippen LogP contribution is -2.23. The van der Waals surface area contributed by atoms with Crippen LogP contribution in [-0.4, -0.2) is 18.4 Å². The maximum atomic E-state index is 10.5. The summed E-state index contributed by atoms with van der Waals surface area (Å²) >= 11 is 0. The predicted molar refractivity (Wildman–Crippen MR) is 47.7 cm³/mol. The van der Waals surface area contributed by atoms with Crippen LogP contribution in [0.4, 0.5) is 0 Å². The standard InChI is InChI=1S/C9H19NO/c1-8(2)10-7-5-4-6-9(3)11/h8,10H,4-7H2,1-3H3. The average Bonchev–Trinajstić information content (AvgIpc) is 1.85. The van der Waals surface area contributed by atoms with Crippen LogP contribution in [0, 0.1) is 0 Å². The fourth-order valence-corrected chi connectivity index (χ4v) is 0.890. The monoisotopic (exact) mass is 157 g/mol. The molecule has 0 amide bonds. The highest BCUT2D eigenvalue weighted by Crippen LogP contribution is 1.94. The van der Waals surface area contributed by atoms with Crippen molar-refractivity contribution in [3.05, 3.63) is 0 Å². The molecule has 0 aliphatic carbocycles. The summed E-state index contributed by atoms with van der Waals surface area (Å²) in [5.41, 5.74) is 0. The van der Waals surface area contributed by atoms with E-state index in [0.29, 0.717) is 11.8 Å². The number of unbranched alkanes of at least 4 members (excludes halogenated alkanes) is 1. The van der Waals surface area contributed by atoms with Crippen molar-refractivity contribution in [2.75, 3.05) is 6.54 Å². The molecule has 66 valence electrons. The second kappa shape index (κ2) is 6.35. The van der Waals surface area contributed by atoms with Gasteiger partial charge in [0.15, 0.2) is 0 Å². The number of rotatable bonds is 6. The molecule has 0 fully saturated rings.